The molecule has 2 fully saturated rings. The average molecular weight is 461 g/mol. The summed E-state index contributed by atoms with van der Waals surface area (Å²) >= 11 is 0. The number of amides is 2. The van der Waals surface area contributed by atoms with Gasteiger partial charge in [0.05, 0.1) is 6.04 Å². The first kappa shape index (κ1) is 22.9. The number of piperidine rings is 1. The maximum Gasteiger partial charge on any atom is 0.253 e. The molecule has 2 aromatic rings. The van der Waals surface area contributed by atoms with Crippen molar-refractivity contribution in [1.29, 1.82) is 0 Å². The summed E-state index contributed by atoms with van der Waals surface area (Å²) < 4.78 is 0. The van der Waals surface area contributed by atoms with Crippen LogP contribution in [0.25, 0.3) is 0 Å². The van der Waals surface area contributed by atoms with E-state index in [1.54, 1.807) is 0 Å². The number of nitrogens with zero attached hydrogens (tertiary/aromatic N) is 3. The van der Waals surface area contributed by atoms with Gasteiger partial charge in [0.25, 0.3) is 5.91 Å². The van der Waals surface area contributed by atoms with Crippen LogP contribution in [0.15, 0.2) is 42.7 Å². The highest BCUT2D eigenvalue weighted by Crippen LogP contribution is 2.42. The quantitative estimate of drug-likeness (QED) is 0.720. The summed E-state index contributed by atoms with van der Waals surface area (Å²) in [5.41, 5.74) is 4.62. The molecule has 2 amide bonds. The Morgan fingerprint density at radius 1 is 1.09 bits per heavy atom. The Kier molecular flexibility index (Phi) is 6.32. The molecule has 1 spiro atoms. The Hall–Kier alpha value is -2.89. The van der Waals surface area contributed by atoms with E-state index in [0.717, 1.165) is 69.4 Å². The van der Waals surface area contributed by atoms with Gasteiger partial charge in [-0.1, -0.05) is 19.9 Å². The summed E-state index contributed by atoms with van der Waals surface area (Å²) in [6, 6.07) is 10.3. The van der Waals surface area contributed by atoms with E-state index in [2.05, 4.69) is 52.1 Å². The van der Waals surface area contributed by atoms with Crippen LogP contribution in [-0.4, -0.2) is 47.9 Å². The van der Waals surface area contributed by atoms with Gasteiger partial charge in [-0.25, -0.2) is 0 Å². The van der Waals surface area contributed by atoms with Gasteiger partial charge in [0.1, 0.15) is 0 Å². The van der Waals surface area contributed by atoms with Gasteiger partial charge in [0.15, 0.2) is 0 Å². The minimum Gasteiger partial charge on any atom is -0.371 e. The highest BCUT2D eigenvalue weighted by molar-refractivity contribution is 5.95. The van der Waals surface area contributed by atoms with Crippen LogP contribution in [0, 0.1) is 11.3 Å². The molecule has 6 heteroatoms. The summed E-state index contributed by atoms with van der Waals surface area (Å²) in [6.45, 7) is 7.86. The highest BCUT2D eigenvalue weighted by atomic mass is 16.2. The molecule has 1 unspecified atom stereocenters. The zero-order valence-electron chi connectivity index (χ0n) is 20.4. The number of carbonyl (C=O) groups is 2. The minimum absolute atomic E-state index is 0.0245. The van der Waals surface area contributed by atoms with E-state index in [0.29, 0.717) is 12.3 Å². The lowest BCUT2D eigenvalue weighted by molar-refractivity contribution is -0.122. The number of benzene rings is 1. The van der Waals surface area contributed by atoms with Gasteiger partial charge in [-0.2, -0.15) is 0 Å². The molecule has 34 heavy (non-hydrogen) atoms. The standard InChI is InChI=1S/C28H36N4O2/c1-20(2)17-26(33)30-25-6-5-21-3-4-22(18-24(21)25)27(34)32-16-11-28(19-32)9-14-31(15-10-28)23-7-12-29-13-8-23/h3-4,7-8,12-13,18,20,25H,5-6,9-11,14-17,19H2,1-2H3,(H,30,33). The zero-order chi connectivity index (χ0) is 23.7. The Bertz CT molecular complexity index is 1040. The molecule has 180 valence electrons. The molecular weight excluding hydrogens is 424 g/mol. The first-order chi connectivity index (χ1) is 16.4. The van der Waals surface area contributed by atoms with Crippen molar-refractivity contribution in [3.05, 3.63) is 59.4 Å². The molecule has 5 rings (SSSR count). The van der Waals surface area contributed by atoms with E-state index in [1.165, 1.54) is 11.3 Å². The molecule has 2 saturated heterocycles. The van der Waals surface area contributed by atoms with Crippen LogP contribution in [0.5, 0.6) is 0 Å². The second-order valence-corrected chi connectivity index (χ2v) is 10.8. The number of anilines is 1. The number of fused-ring (bicyclic) bond motifs is 1. The molecule has 0 bridgehead atoms. The molecule has 1 aliphatic carbocycles. The second-order valence-electron chi connectivity index (χ2n) is 10.8. The predicted molar refractivity (Wildman–Crippen MR) is 134 cm³/mol. The van der Waals surface area contributed by atoms with E-state index in [9.17, 15) is 9.59 Å². The molecule has 0 radical (unpaired) electrons. The fraction of sp³-hybridized carbons (Fsp3) is 0.536. The maximum absolute atomic E-state index is 13.5. The number of likely N-dealkylation sites (tertiary alicyclic amines) is 1. The highest BCUT2D eigenvalue weighted by Gasteiger charge is 2.42. The Morgan fingerprint density at radius 3 is 2.56 bits per heavy atom. The van der Waals surface area contributed by atoms with Gasteiger partial charge >= 0.3 is 0 Å². The molecule has 1 aromatic carbocycles. The third-order valence-corrected chi connectivity index (χ3v) is 7.98. The van der Waals surface area contributed by atoms with Crippen molar-refractivity contribution in [2.24, 2.45) is 11.3 Å². The molecular formula is C28H36N4O2. The smallest absolute Gasteiger partial charge is 0.253 e. The van der Waals surface area contributed by atoms with Crippen molar-refractivity contribution >= 4 is 17.5 Å². The molecule has 0 saturated carbocycles. The van der Waals surface area contributed by atoms with Crippen molar-refractivity contribution in [2.75, 3.05) is 31.1 Å². The fourth-order valence-corrected chi connectivity index (χ4v) is 6.00. The van der Waals surface area contributed by atoms with E-state index in [-0.39, 0.29) is 23.3 Å². The summed E-state index contributed by atoms with van der Waals surface area (Å²) in [7, 11) is 0. The summed E-state index contributed by atoms with van der Waals surface area (Å²) in [6.07, 6.45) is 9.44. The van der Waals surface area contributed by atoms with Gasteiger partial charge < -0.3 is 15.1 Å². The van der Waals surface area contributed by atoms with Gasteiger partial charge in [-0.05, 0) is 78.8 Å². The number of pyridine rings is 1. The third kappa shape index (κ3) is 4.68. The Morgan fingerprint density at radius 2 is 1.82 bits per heavy atom. The van der Waals surface area contributed by atoms with Crippen molar-refractivity contribution < 1.29 is 9.59 Å². The van der Waals surface area contributed by atoms with E-state index in [1.807, 2.05) is 24.5 Å². The molecule has 2 aliphatic heterocycles. The van der Waals surface area contributed by atoms with Gasteiger partial charge in [-0.15, -0.1) is 0 Å². The monoisotopic (exact) mass is 460 g/mol. The topological polar surface area (TPSA) is 65.5 Å². The normalized spacial score (nSPS) is 21.2. The lowest BCUT2D eigenvalue weighted by atomic mass is 9.77. The Labute approximate surface area is 202 Å². The maximum atomic E-state index is 13.5. The van der Waals surface area contributed by atoms with Crippen molar-refractivity contribution in [1.82, 2.24) is 15.2 Å². The summed E-state index contributed by atoms with van der Waals surface area (Å²) in [5, 5.41) is 3.19. The van der Waals surface area contributed by atoms with Crippen LogP contribution in [0.3, 0.4) is 0 Å². The van der Waals surface area contributed by atoms with Crippen LogP contribution in [0.2, 0.25) is 0 Å². The molecule has 6 nitrogen and oxygen atoms in total. The molecule has 3 heterocycles. The van der Waals surface area contributed by atoms with Gasteiger partial charge in [-0.3, -0.25) is 14.6 Å². The lowest BCUT2D eigenvalue weighted by Crippen LogP contribution is -2.42. The molecule has 1 aromatic heterocycles. The van der Waals surface area contributed by atoms with Crippen molar-refractivity contribution in [2.45, 2.75) is 58.4 Å². The SMILES string of the molecule is CC(C)CC(=O)NC1CCc2ccc(C(=O)N3CCC4(CCN(c5ccncc5)CC4)C3)cc21. The first-order valence-electron chi connectivity index (χ1n) is 12.8. The summed E-state index contributed by atoms with van der Waals surface area (Å²) in [5.74, 6) is 0.576. The van der Waals surface area contributed by atoms with Gasteiger partial charge in [0, 0.05) is 56.2 Å². The number of nitrogens with one attached hydrogen (secondary N) is 1. The molecule has 1 atom stereocenters. The third-order valence-electron chi connectivity index (χ3n) is 7.98. The predicted octanol–water partition coefficient (Wildman–Crippen LogP) is 4.36. The zero-order valence-corrected chi connectivity index (χ0v) is 20.4. The van der Waals surface area contributed by atoms with Crippen LogP contribution in [0.4, 0.5) is 5.69 Å². The second kappa shape index (κ2) is 9.40. The van der Waals surface area contributed by atoms with E-state index >= 15 is 0 Å². The largest absolute Gasteiger partial charge is 0.371 e. The average Bonchev–Trinajstić information content (AvgIpc) is 3.43. The van der Waals surface area contributed by atoms with E-state index < -0.39 is 0 Å². The number of carbonyl (C=O) groups excluding carboxylic acids is 2. The van der Waals surface area contributed by atoms with Crippen LogP contribution < -0.4 is 10.2 Å². The van der Waals surface area contributed by atoms with Crippen LogP contribution in [-0.2, 0) is 11.2 Å². The van der Waals surface area contributed by atoms with Crippen LogP contribution >= 0.6 is 0 Å². The lowest BCUT2D eigenvalue weighted by Gasteiger charge is -2.40. The molecule has 1 N–H and O–H groups in total. The van der Waals surface area contributed by atoms with E-state index in [4.69, 9.17) is 0 Å². The first-order valence-corrected chi connectivity index (χ1v) is 12.8. The summed E-state index contributed by atoms with van der Waals surface area (Å²) in [4.78, 5) is 34.4. The van der Waals surface area contributed by atoms with Crippen molar-refractivity contribution in [3.63, 3.8) is 0 Å². The van der Waals surface area contributed by atoms with Crippen LogP contribution in [0.1, 0.15) is 73.5 Å². The number of aromatic nitrogens is 1. The number of hydrogen-bond donors (Lipinski definition) is 1. The number of hydrogen-bond acceptors (Lipinski definition) is 4. The molecule has 3 aliphatic rings. The van der Waals surface area contributed by atoms with Gasteiger partial charge in [0.2, 0.25) is 5.91 Å². The number of aryl methyl sites for hydroxylation is 1. The Balaban J connectivity index is 1.22. The van der Waals surface area contributed by atoms with Crippen molar-refractivity contribution in [3.8, 4) is 0 Å². The fourth-order valence-electron chi connectivity index (χ4n) is 6.00. The minimum atomic E-state index is 0.0245. The number of rotatable bonds is 5.